The van der Waals surface area contributed by atoms with Gasteiger partial charge in [0.1, 0.15) is 0 Å². The number of hydrogen-bond donors (Lipinski definition) is 1. The average Bonchev–Trinajstić information content (AvgIpc) is 0.722. The molecule has 0 aromatic carbocycles. The zero-order valence-corrected chi connectivity index (χ0v) is 5.14. The molecule has 0 rings (SSSR count). The summed E-state index contributed by atoms with van der Waals surface area (Å²) in [5.74, 6) is 0. The van der Waals surface area contributed by atoms with Crippen molar-refractivity contribution < 1.29 is 34.7 Å². The Bertz CT molecular complexity index is 98.1. The predicted molar refractivity (Wildman–Crippen MR) is 20.0 cm³/mol. The van der Waals surface area contributed by atoms with Crippen molar-refractivity contribution in [3.63, 3.8) is 0 Å². The first-order valence-electron chi connectivity index (χ1n) is 0.924. The van der Waals surface area contributed by atoms with Crippen LogP contribution in [0.1, 0.15) is 0 Å². The Morgan fingerprint density at radius 2 is 1.43 bits per heavy atom. The van der Waals surface area contributed by atoms with E-state index in [1.54, 1.807) is 0 Å². The van der Waals surface area contributed by atoms with Crippen LogP contribution in [0.3, 0.4) is 0 Å². The van der Waals surface area contributed by atoms with Crippen LogP contribution in [0, 0.1) is 0 Å². The zero-order valence-electron chi connectivity index (χ0n) is 3.38. The fourth-order valence-corrected chi connectivity index (χ4v) is 0. The average molecular weight is 180 g/mol. The molecule has 1 N–H and O–H groups in total. The van der Waals surface area contributed by atoms with Crippen LogP contribution in [-0.2, 0) is 27.2 Å². The summed E-state index contributed by atoms with van der Waals surface area (Å²) in [5.41, 5.74) is 0. The van der Waals surface area contributed by atoms with Crippen molar-refractivity contribution in [3.05, 3.63) is 0 Å². The SMILES string of the molecule is CS(=O)(=O)O.F.[Cu]. The van der Waals surface area contributed by atoms with Crippen LogP contribution in [0.5, 0.6) is 0 Å². The molecule has 0 fully saturated rings. The molecule has 0 saturated heterocycles. The molecule has 0 amide bonds. The Kier molecular flexibility index (Phi) is 10.1. The first kappa shape index (κ1) is 15.7. The van der Waals surface area contributed by atoms with Gasteiger partial charge in [0.15, 0.2) is 0 Å². The molecule has 3 nitrogen and oxygen atoms in total. The van der Waals surface area contributed by atoms with Gasteiger partial charge < -0.3 is 0 Å². The van der Waals surface area contributed by atoms with Gasteiger partial charge >= 0.3 is 0 Å². The van der Waals surface area contributed by atoms with Crippen LogP contribution in [0.25, 0.3) is 0 Å². The van der Waals surface area contributed by atoms with Gasteiger partial charge in [0.2, 0.25) is 0 Å². The summed E-state index contributed by atoms with van der Waals surface area (Å²) < 4.78 is 25.9. The normalized spacial score (nSPS) is 8.29. The molecule has 0 aliphatic heterocycles. The minimum absolute atomic E-state index is 0. The molecule has 0 aromatic rings. The second-order valence-corrected chi connectivity index (χ2v) is 2.20. The van der Waals surface area contributed by atoms with Crippen molar-refractivity contribution in [2.24, 2.45) is 0 Å². The second-order valence-electron chi connectivity index (χ2n) is 0.733. The van der Waals surface area contributed by atoms with E-state index in [0.717, 1.165) is 0 Å². The summed E-state index contributed by atoms with van der Waals surface area (Å²) in [6.45, 7) is 0. The van der Waals surface area contributed by atoms with E-state index in [2.05, 4.69) is 0 Å². The van der Waals surface area contributed by atoms with Crippen LogP contribution >= 0.6 is 0 Å². The summed E-state index contributed by atoms with van der Waals surface area (Å²) >= 11 is 0. The minimum atomic E-state index is -3.67. The topological polar surface area (TPSA) is 54.4 Å². The molecule has 0 saturated carbocycles. The Balaban J connectivity index is -0.0000000800. The van der Waals surface area contributed by atoms with Gasteiger partial charge in [0.25, 0.3) is 10.1 Å². The molecule has 0 unspecified atom stereocenters. The van der Waals surface area contributed by atoms with Crippen LogP contribution in [-0.4, -0.2) is 19.2 Å². The zero-order chi connectivity index (χ0) is 4.50. The molecule has 0 spiro atoms. The smallest absolute Gasteiger partial charge is 0.261 e. The van der Waals surface area contributed by atoms with E-state index in [4.69, 9.17) is 4.55 Å². The van der Waals surface area contributed by atoms with E-state index in [1.807, 2.05) is 0 Å². The van der Waals surface area contributed by atoms with Crippen LogP contribution in [0.2, 0.25) is 0 Å². The van der Waals surface area contributed by atoms with Gasteiger partial charge in [-0.15, -0.1) is 0 Å². The van der Waals surface area contributed by atoms with E-state index < -0.39 is 10.1 Å². The quantitative estimate of drug-likeness (QED) is 0.409. The monoisotopic (exact) mass is 179 g/mol. The second kappa shape index (κ2) is 4.52. The molecule has 1 radical (unpaired) electrons. The van der Waals surface area contributed by atoms with Gasteiger partial charge in [-0.25, -0.2) is 0 Å². The third-order valence-electron chi connectivity index (χ3n) is 0. The molecule has 0 aliphatic rings. The Morgan fingerprint density at radius 3 is 1.43 bits per heavy atom. The molecule has 0 heterocycles. The molecule has 6 heteroatoms. The van der Waals surface area contributed by atoms with E-state index >= 15 is 0 Å². The van der Waals surface area contributed by atoms with Crippen LogP contribution in [0.15, 0.2) is 0 Å². The van der Waals surface area contributed by atoms with E-state index in [9.17, 15) is 8.42 Å². The Hall–Kier alpha value is 0.359. The minimum Gasteiger partial charge on any atom is -0.286 e. The summed E-state index contributed by atoms with van der Waals surface area (Å²) in [6, 6.07) is 0. The third kappa shape index (κ3) is 935. The number of hydrogen-bond acceptors (Lipinski definition) is 2. The third-order valence-corrected chi connectivity index (χ3v) is 0. The summed E-state index contributed by atoms with van der Waals surface area (Å²) in [4.78, 5) is 0. The molecule has 0 aliphatic carbocycles. The maximum atomic E-state index is 9.19. The summed E-state index contributed by atoms with van der Waals surface area (Å²) in [6.07, 6.45) is 0.715. The fraction of sp³-hybridized carbons (Fsp3) is 1.00. The van der Waals surface area contributed by atoms with Crippen molar-refractivity contribution in [1.29, 1.82) is 0 Å². The van der Waals surface area contributed by atoms with Gasteiger partial charge in [-0.1, -0.05) is 0 Å². The van der Waals surface area contributed by atoms with E-state index in [1.165, 1.54) is 0 Å². The largest absolute Gasteiger partial charge is 0.286 e. The summed E-state index contributed by atoms with van der Waals surface area (Å²) in [5, 5.41) is 0. The first-order valence-corrected chi connectivity index (χ1v) is 2.77. The van der Waals surface area contributed by atoms with E-state index in [-0.39, 0.29) is 21.8 Å². The fourth-order valence-electron chi connectivity index (χ4n) is 0. The van der Waals surface area contributed by atoms with Crippen LogP contribution < -0.4 is 0 Å². The van der Waals surface area contributed by atoms with Gasteiger partial charge in [-0.2, -0.15) is 8.42 Å². The Morgan fingerprint density at radius 1 is 1.43 bits per heavy atom. The van der Waals surface area contributed by atoms with Crippen molar-refractivity contribution >= 4 is 10.1 Å². The molecular formula is CH5CuFO3S. The predicted octanol–water partition coefficient (Wildman–Crippen LogP) is -0.346. The standard InChI is InChI=1S/CH4O3S.Cu.FH/c1-5(2,3)4;;/h1H3,(H,2,3,4);;1H. The van der Waals surface area contributed by atoms with Crippen molar-refractivity contribution in [2.75, 3.05) is 6.26 Å². The van der Waals surface area contributed by atoms with Gasteiger partial charge in [-0.05, 0) is 0 Å². The van der Waals surface area contributed by atoms with Crippen molar-refractivity contribution in [1.82, 2.24) is 0 Å². The molecule has 0 bridgehead atoms. The van der Waals surface area contributed by atoms with E-state index in [0.29, 0.717) is 6.26 Å². The molecule has 7 heavy (non-hydrogen) atoms. The number of rotatable bonds is 0. The van der Waals surface area contributed by atoms with Crippen LogP contribution in [0.4, 0.5) is 4.70 Å². The molecule has 0 atom stereocenters. The van der Waals surface area contributed by atoms with Gasteiger partial charge in [0, 0.05) is 17.1 Å². The van der Waals surface area contributed by atoms with Crippen molar-refractivity contribution in [3.8, 4) is 0 Å². The van der Waals surface area contributed by atoms with Crippen molar-refractivity contribution in [2.45, 2.75) is 0 Å². The maximum Gasteiger partial charge on any atom is 0.261 e. The maximum absolute atomic E-state index is 9.19. The molecular weight excluding hydrogens is 175 g/mol. The molecule has 0 aromatic heterocycles. The number of halogens is 1. The van der Waals surface area contributed by atoms with Gasteiger partial charge in [0.05, 0.1) is 6.26 Å². The Labute approximate surface area is 51.7 Å². The first-order chi connectivity index (χ1) is 2.00. The summed E-state index contributed by atoms with van der Waals surface area (Å²) in [7, 11) is -3.67. The molecule has 51 valence electrons. The van der Waals surface area contributed by atoms with Gasteiger partial charge in [-0.3, -0.25) is 9.26 Å².